The number of nitrogens with zero attached hydrogens (tertiary/aromatic N) is 4. The van der Waals surface area contributed by atoms with Crippen LogP contribution in [0.5, 0.6) is 0 Å². The molecule has 0 saturated carbocycles. The zero-order valence-electron chi connectivity index (χ0n) is 16.1. The molecule has 2 aromatic heterocycles. The van der Waals surface area contributed by atoms with E-state index in [1.165, 1.54) is 11.1 Å². The molecule has 0 unspecified atom stereocenters. The number of nitrogens with one attached hydrogen (secondary N) is 1. The molecule has 1 aromatic carbocycles. The Morgan fingerprint density at radius 1 is 1.26 bits per heavy atom. The Morgan fingerprint density at radius 3 is 2.89 bits per heavy atom. The van der Waals surface area contributed by atoms with Gasteiger partial charge in [-0.3, -0.25) is 0 Å². The first kappa shape index (κ1) is 17.5. The fraction of sp³-hybridized carbons (Fsp3) is 0.381. The number of aromatic nitrogens is 3. The highest BCUT2D eigenvalue weighted by molar-refractivity contribution is 5.89. The summed E-state index contributed by atoms with van der Waals surface area (Å²) in [6, 6.07) is 9.87. The van der Waals surface area contributed by atoms with Gasteiger partial charge in [-0.15, -0.1) is 0 Å². The number of carbonyl (C=O) groups excluding carboxylic acids is 1. The van der Waals surface area contributed by atoms with E-state index < -0.39 is 0 Å². The van der Waals surface area contributed by atoms with Crippen LogP contribution in [0.4, 0.5) is 10.5 Å². The fourth-order valence-corrected chi connectivity index (χ4v) is 3.78. The van der Waals surface area contributed by atoms with Gasteiger partial charge in [0.2, 0.25) is 0 Å². The number of amides is 2. The van der Waals surface area contributed by atoms with Gasteiger partial charge in [0.1, 0.15) is 11.3 Å². The lowest BCUT2D eigenvalue weighted by atomic mass is 10.1. The van der Waals surface area contributed by atoms with E-state index >= 15 is 0 Å². The van der Waals surface area contributed by atoms with Gasteiger partial charge in [0.25, 0.3) is 0 Å². The Morgan fingerprint density at radius 2 is 2.11 bits per heavy atom. The third kappa shape index (κ3) is 3.27. The lowest BCUT2D eigenvalue weighted by Crippen LogP contribution is -2.33. The molecule has 6 heteroatoms. The number of imidazole rings is 1. The molecule has 3 aromatic rings. The zero-order valence-corrected chi connectivity index (χ0v) is 16.1. The number of pyridine rings is 1. The van der Waals surface area contributed by atoms with Crippen LogP contribution in [0.1, 0.15) is 36.2 Å². The van der Waals surface area contributed by atoms with Crippen LogP contribution in [0.2, 0.25) is 0 Å². The average Bonchev–Trinajstić information content (AvgIpc) is 3.29. The number of fused-ring (bicyclic) bond motifs is 1. The molecule has 3 heterocycles. The third-order valence-corrected chi connectivity index (χ3v) is 5.45. The SMILES string of the molecule is CCn1c([C@H]2CCN(C(=O)Nc3ccc(C)c(C)c3)C2)nc2cccnc21. The second kappa shape index (κ2) is 7.02. The molecule has 1 fully saturated rings. The van der Waals surface area contributed by atoms with Crippen molar-refractivity contribution in [2.24, 2.45) is 0 Å². The van der Waals surface area contributed by atoms with E-state index in [0.29, 0.717) is 6.54 Å². The number of anilines is 1. The number of likely N-dealkylation sites (tertiary alicyclic amines) is 1. The maximum absolute atomic E-state index is 12.7. The molecular formula is C21H25N5O. The minimum absolute atomic E-state index is 0.0435. The molecule has 6 nitrogen and oxygen atoms in total. The van der Waals surface area contributed by atoms with Crippen LogP contribution in [0.3, 0.4) is 0 Å². The predicted octanol–water partition coefficient (Wildman–Crippen LogP) is 4.09. The van der Waals surface area contributed by atoms with Crippen LogP contribution in [-0.4, -0.2) is 38.6 Å². The average molecular weight is 363 g/mol. The van der Waals surface area contributed by atoms with Gasteiger partial charge in [-0.05, 0) is 62.6 Å². The van der Waals surface area contributed by atoms with Gasteiger partial charge in [0, 0.05) is 37.4 Å². The molecule has 2 amide bonds. The van der Waals surface area contributed by atoms with Gasteiger partial charge < -0.3 is 14.8 Å². The summed E-state index contributed by atoms with van der Waals surface area (Å²) >= 11 is 0. The molecule has 140 valence electrons. The van der Waals surface area contributed by atoms with Gasteiger partial charge in [-0.25, -0.2) is 14.8 Å². The second-order valence-electron chi connectivity index (χ2n) is 7.22. The summed E-state index contributed by atoms with van der Waals surface area (Å²) in [6.45, 7) is 8.48. The van der Waals surface area contributed by atoms with Crippen LogP contribution >= 0.6 is 0 Å². The van der Waals surface area contributed by atoms with Crippen LogP contribution in [0.15, 0.2) is 36.5 Å². The van der Waals surface area contributed by atoms with Crippen molar-refractivity contribution in [3.05, 3.63) is 53.5 Å². The quantitative estimate of drug-likeness (QED) is 0.762. The topological polar surface area (TPSA) is 63.1 Å². The number of carbonyl (C=O) groups is 1. The van der Waals surface area contributed by atoms with E-state index in [9.17, 15) is 4.79 Å². The number of urea groups is 1. The molecule has 1 aliphatic heterocycles. The zero-order chi connectivity index (χ0) is 19.0. The monoisotopic (exact) mass is 363 g/mol. The number of hydrogen-bond donors (Lipinski definition) is 1. The van der Waals surface area contributed by atoms with Gasteiger partial charge in [0.05, 0.1) is 0 Å². The lowest BCUT2D eigenvalue weighted by Gasteiger charge is -2.18. The highest BCUT2D eigenvalue weighted by Gasteiger charge is 2.31. The highest BCUT2D eigenvalue weighted by atomic mass is 16.2. The van der Waals surface area contributed by atoms with Crippen molar-refractivity contribution >= 4 is 22.9 Å². The van der Waals surface area contributed by atoms with Crippen LogP contribution in [-0.2, 0) is 6.54 Å². The Kier molecular flexibility index (Phi) is 4.56. The van der Waals surface area contributed by atoms with E-state index in [0.717, 1.165) is 42.2 Å². The summed E-state index contributed by atoms with van der Waals surface area (Å²) < 4.78 is 2.17. The molecule has 0 radical (unpaired) electrons. The minimum atomic E-state index is -0.0435. The summed E-state index contributed by atoms with van der Waals surface area (Å²) in [5.41, 5.74) is 5.09. The molecule has 1 saturated heterocycles. The molecular weight excluding hydrogens is 338 g/mol. The normalized spacial score (nSPS) is 16.9. The molecule has 0 aliphatic carbocycles. The Bertz CT molecular complexity index is 993. The number of rotatable bonds is 3. The maximum Gasteiger partial charge on any atom is 0.321 e. The Hall–Kier alpha value is -2.89. The largest absolute Gasteiger partial charge is 0.324 e. The second-order valence-corrected chi connectivity index (χ2v) is 7.22. The van der Waals surface area contributed by atoms with E-state index in [1.54, 1.807) is 6.20 Å². The van der Waals surface area contributed by atoms with E-state index in [-0.39, 0.29) is 11.9 Å². The van der Waals surface area contributed by atoms with Crippen LogP contribution in [0, 0.1) is 13.8 Å². The van der Waals surface area contributed by atoms with Gasteiger partial charge in [-0.2, -0.15) is 0 Å². The number of hydrogen-bond acceptors (Lipinski definition) is 3. The highest BCUT2D eigenvalue weighted by Crippen LogP contribution is 2.29. The summed E-state index contributed by atoms with van der Waals surface area (Å²) in [5.74, 6) is 1.28. The molecule has 1 aliphatic rings. The van der Waals surface area contributed by atoms with Crippen molar-refractivity contribution in [3.8, 4) is 0 Å². The first-order valence-corrected chi connectivity index (χ1v) is 9.51. The number of benzene rings is 1. The molecule has 27 heavy (non-hydrogen) atoms. The van der Waals surface area contributed by atoms with Gasteiger partial charge >= 0.3 is 6.03 Å². The summed E-state index contributed by atoms with van der Waals surface area (Å²) in [5, 5.41) is 3.03. The molecule has 1 atom stereocenters. The standard InChI is InChI=1S/C21H25N5O/c1-4-26-19(24-18-6-5-10-22-20(18)26)16-9-11-25(13-16)21(27)23-17-8-7-14(2)15(3)12-17/h5-8,10,12,16H,4,9,11,13H2,1-3H3,(H,23,27)/t16-/m0/s1. The molecule has 0 bridgehead atoms. The Balaban J connectivity index is 1.50. The van der Waals surface area contributed by atoms with E-state index in [2.05, 4.69) is 35.6 Å². The maximum atomic E-state index is 12.7. The molecule has 1 N–H and O–H groups in total. The van der Waals surface area contributed by atoms with Crippen molar-refractivity contribution < 1.29 is 4.79 Å². The molecule has 0 spiro atoms. The summed E-state index contributed by atoms with van der Waals surface area (Å²) in [7, 11) is 0. The number of aryl methyl sites for hydroxylation is 3. The van der Waals surface area contributed by atoms with Crippen molar-refractivity contribution in [1.82, 2.24) is 19.4 Å². The van der Waals surface area contributed by atoms with Gasteiger partial charge in [0.15, 0.2) is 5.65 Å². The lowest BCUT2D eigenvalue weighted by molar-refractivity contribution is 0.222. The summed E-state index contributed by atoms with van der Waals surface area (Å²) in [4.78, 5) is 23.9. The van der Waals surface area contributed by atoms with Crippen molar-refractivity contribution in [2.75, 3.05) is 18.4 Å². The third-order valence-electron chi connectivity index (χ3n) is 5.45. The Labute approximate surface area is 159 Å². The first-order valence-electron chi connectivity index (χ1n) is 9.51. The van der Waals surface area contributed by atoms with Crippen molar-refractivity contribution in [2.45, 2.75) is 39.7 Å². The minimum Gasteiger partial charge on any atom is -0.324 e. The van der Waals surface area contributed by atoms with Gasteiger partial charge in [-0.1, -0.05) is 6.07 Å². The predicted molar refractivity (Wildman–Crippen MR) is 107 cm³/mol. The van der Waals surface area contributed by atoms with Crippen molar-refractivity contribution in [1.29, 1.82) is 0 Å². The summed E-state index contributed by atoms with van der Waals surface area (Å²) in [6.07, 6.45) is 2.72. The van der Waals surface area contributed by atoms with E-state index in [1.807, 2.05) is 35.2 Å². The van der Waals surface area contributed by atoms with Crippen LogP contribution in [0.25, 0.3) is 11.2 Å². The van der Waals surface area contributed by atoms with Crippen LogP contribution < -0.4 is 5.32 Å². The van der Waals surface area contributed by atoms with E-state index in [4.69, 9.17) is 4.98 Å². The van der Waals surface area contributed by atoms with Crippen molar-refractivity contribution in [3.63, 3.8) is 0 Å². The first-order chi connectivity index (χ1) is 13.1. The smallest absolute Gasteiger partial charge is 0.321 e. The molecule has 4 rings (SSSR count). The fourth-order valence-electron chi connectivity index (χ4n) is 3.78.